The number of anilines is 1. The van der Waals surface area contributed by atoms with Crippen LogP contribution in [0, 0.1) is 0 Å². The van der Waals surface area contributed by atoms with E-state index in [1.54, 1.807) is 36.1 Å². The molecule has 0 saturated carbocycles. The summed E-state index contributed by atoms with van der Waals surface area (Å²) in [5.41, 5.74) is 1.09. The Morgan fingerprint density at radius 2 is 2.00 bits per heavy atom. The quantitative estimate of drug-likeness (QED) is 0.755. The number of rotatable bonds is 7. The summed E-state index contributed by atoms with van der Waals surface area (Å²) in [5, 5.41) is 2.79. The van der Waals surface area contributed by atoms with Crippen molar-refractivity contribution in [1.82, 2.24) is 5.32 Å². The second kappa shape index (κ2) is 9.17. The molecule has 0 aliphatic carbocycles. The van der Waals surface area contributed by atoms with Crippen molar-refractivity contribution in [3.05, 3.63) is 29.8 Å². The lowest BCUT2D eigenvalue weighted by Gasteiger charge is -2.22. The number of esters is 1. The first-order valence-corrected chi connectivity index (χ1v) is 8.47. The van der Waals surface area contributed by atoms with E-state index in [9.17, 15) is 14.4 Å². The van der Waals surface area contributed by atoms with Gasteiger partial charge in [-0.1, -0.05) is 0 Å². The minimum atomic E-state index is -0.396. The third kappa shape index (κ3) is 5.29. The van der Waals surface area contributed by atoms with Crippen molar-refractivity contribution >= 4 is 23.5 Å². The maximum Gasteiger partial charge on any atom is 0.338 e. The summed E-state index contributed by atoms with van der Waals surface area (Å²) in [5.74, 6) is -0.679. The maximum absolute atomic E-state index is 11.9. The second-order valence-electron chi connectivity index (χ2n) is 5.73. The molecule has 1 heterocycles. The van der Waals surface area contributed by atoms with Crippen LogP contribution in [0.15, 0.2) is 24.3 Å². The van der Waals surface area contributed by atoms with E-state index in [2.05, 4.69) is 5.32 Å². The summed E-state index contributed by atoms with van der Waals surface area (Å²) in [6, 6.07) is 6.62. The summed E-state index contributed by atoms with van der Waals surface area (Å²) >= 11 is 0. The van der Waals surface area contributed by atoms with Gasteiger partial charge in [-0.25, -0.2) is 4.79 Å². The second-order valence-corrected chi connectivity index (χ2v) is 5.73. The highest BCUT2D eigenvalue weighted by Crippen LogP contribution is 2.16. The molecular formula is C18H24N2O5. The van der Waals surface area contributed by atoms with Crippen LogP contribution < -0.4 is 10.2 Å². The van der Waals surface area contributed by atoms with Crippen molar-refractivity contribution in [1.29, 1.82) is 0 Å². The Morgan fingerprint density at radius 1 is 1.28 bits per heavy atom. The smallest absolute Gasteiger partial charge is 0.338 e. The van der Waals surface area contributed by atoms with Gasteiger partial charge in [-0.3, -0.25) is 9.59 Å². The van der Waals surface area contributed by atoms with E-state index >= 15 is 0 Å². The standard InChI is InChI=1S/C18H24N2O5/c1-3-24-18(23)14-6-8-15(9-7-14)20(13(2)21)11-10-19-17(22)16-5-4-12-25-16/h6-9,16H,3-5,10-12H2,1-2H3,(H,19,22). The van der Waals surface area contributed by atoms with Crippen LogP contribution in [-0.2, 0) is 19.1 Å². The fourth-order valence-electron chi connectivity index (χ4n) is 2.65. The zero-order chi connectivity index (χ0) is 18.2. The fraction of sp³-hybridized carbons (Fsp3) is 0.500. The summed E-state index contributed by atoms with van der Waals surface area (Å²) < 4.78 is 10.3. The molecule has 1 aliphatic rings. The van der Waals surface area contributed by atoms with Gasteiger partial charge < -0.3 is 19.7 Å². The molecule has 1 N–H and O–H groups in total. The molecule has 1 saturated heterocycles. The number of nitrogens with one attached hydrogen (secondary N) is 1. The van der Waals surface area contributed by atoms with Crippen molar-refractivity contribution in [2.75, 3.05) is 31.2 Å². The predicted octanol–water partition coefficient (Wildman–Crippen LogP) is 1.51. The Kier molecular flexibility index (Phi) is 6.94. The van der Waals surface area contributed by atoms with E-state index in [1.165, 1.54) is 6.92 Å². The number of amides is 2. The monoisotopic (exact) mass is 348 g/mol. The molecule has 7 heteroatoms. The van der Waals surface area contributed by atoms with Crippen molar-refractivity contribution in [3.63, 3.8) is 0 Å². The summed E-state index contributed by atoms with van der Waals surface area (Å²) in [6.07, 6.45) is 1.25. The van der Waals surface area contributed by atoms with Gasteiger partial charge in [0.2, 0.25) is 11.8 Å². The molecule has 1 fully saturated rings. The molecule has 0 radical (unpaired) electrons. The zero-order valence-electron chi connectivity index (χ0n) is 14.6. The van der Waals surface area contributed by atoms with Crippen LogP contribution in [-0.4, -0.2) is 50.2 Å². The van der Waals surface area contributed by atoms with E-state index in [0.29, 0.717) is 37.6 Å². The van der Waals surface area contributed by atoms with E-state index < -0.39 is 5.97 Å². The molecule has 1 atom stereocenters. The Balaban J connectivity index is 1.92. The van der Waals surface area contributed by atoms with Gasteiger partial charge in [-0.15, -0.1) is 0 Å². The molecule has 2 amide bonds. The van der Waals surface area contributed by atoms with Crippen molar-refractivity contribution in [2.45, 2.75) is 32.8 Å². The molecule has 1 aromatic carbocycles. The topological polar surface area (TPSA) is 84.9 Å². The summed E-state index contributed by atoms with van der Waals surface area (Å²) in [6.45, 7) is 4.80. The fourth-order valence-corrected chi connectivity index (χ4v) is 2.65. The highest BCUT2D eigenvalue weighted by Gasteiger charge is 2.23. The Morgan fingerprint density at radius 3 is 2.56 bits per heavy atom. The van der Waals surface area contributed by atoms with Gasteiger partial charge in [0.25, 0.3) is 0 Å². The van der Waals surface area contributed by atoms with E-state index in [-0.39, 0.29) is 17.9 Å². The first-order chi connectivity index (χ1) is 12.0. The summed E-state index contributed by atoms with van der Waals surface area (Å²) in [7, 11) is 0. The number of hydrogen-bond donors (Lipinski definition) is 1. The number of nitrogens with zero attached hydrogens (tertiary/aromatic N) is 1. The van der Waals surface area contributed by atoms with Crippen molar-refractivity contribution in [3.8, 4) is 0 Å². The first-order valence-electron chi connectivity index (χ1n) is 8.47. The predicted molar refractivity (Wildman–Crippen MR) is 92.4 cm³/mol. The third-order valence-electron chi connectivity index (χ3n) is 3.93. The molecule has 0 aromatic heterocycles. The number of carbonyl (C=O) groups is 3. The molecule has 7 nitrogen and oxygen atoms in total. The van der Waals surface area contributed by atoms with E-state index in [4.69, 9.17) is 9.47 Å². The molecule has 1 aromatic rings. The van der Waals surface area contributed by atoms with Crippen molar-refractivity contribution in [2.24, 2.45) is 0 Å². The van der Waals surface area contributed by atoms with Gasteiger partial charge in [0.15, 0.2) is 0 Å². The van der Waals surface area contributed by atoms with Gasteiger partial charge >= 0.3 is 5.97 Å². The van der Waals surface area contributed by atoms with Gasteiger partial charge in [0.1, 0.15) is 6.10 Å². The van der Waals surface area contributed by atoms with Crippen LogP contribution in [0.5, 0.6) is 0 Å². The number of benzene rings is 1. The van der Waals surface area contributed by atoms with Crippen molar-refractivity contribution < 1.29 is 23.9 Å². The molecule has 0 bridgehead atoms. The number of ether oxygens (including phenoxy) is 2. The largest absolute Gasteiger partial charge is 0.462 e. The Bertz CT molecular complexity index is 608. The van der Waals surface area contributed by atoms with Gasteiger partial charge in [-0.05, 0) is 44.0 Å². The zero-order valence-corrected chi connectivity index (χ0v) is 14.6. The molecule has 2 rings (SSSR count). The molecule has 0 spiro atoms. The van der Waals surface area contributed by atoms with E-state index in [1.807, 2.05) is 0 Å². The maximum atomic E-state index is 11.9. The lowest BCUT2D eigenvalue weighted by molar-refractivity contribution is -0.130. The lowest BCUT2D eigenvalue weighted by atomic mass is 10.2. The normalized spacial score (nSPS) is 16.3. The lowest BCUT2D eigenvalue weighted by Crippen LogP contribution is -2.41. The minimum absolute atomic E-state index is 0.140. The average Bonchev–Trinajstić information content (AvgIpc) is 3.13. The van der Waals surface area contributed by atoms with Gasteiger partial charge in [0, 0.05) is 32.3 Å². The van der Waals surface area contributed by atoms with Crippen LogP contribution in [0.2, 0.25) is 0 Å². The Labute approximate surface area is 147 Å². The first kappa shape index (κ1) is 18.9. The van der Waals surface area contributed by atoms with Crippen LogP contribution in [0.25, 0.3) is 0 Å². The van der Waals surface area contributed by atoms with Crippen LogP contribution in [0.3, 0.4) is 0 Å². The number of carbonyl (C=O) groups excluding carboxylic acids is 3. The highest BCUT2D eigenvalue weighted by molar-refractivity contribution is 5.93. The van der Waals surface area contributed by atoms with Crippen LogP contribution >= 0.6 is 0 Å². The third-order valence-corrected chi connectivity index (χ3v) is 3.93. The van der Waals surface area contributed by atoms with E-state index in [0.717, 1.165) is 12.8 Å². The molecule has 1 unspecified atom stereocenters. The molecule has 1 aliphatic heterocycles. The van der Waals surface area contributed by atoms with Gasteiger partial charge in [0.05, 0.1) is 12.2 Å². The Hall–Kier alpha value is -2.41. The average molecular weight is 348 g/mol. The van der Waals surface area contributed by atoms with Crippen LogP contribution in [0.4, 0.5) is 5.69 Å². The SMILES string of the molecule is CCOC(=O)c1ccc(N(CCNC(=O)C2CCCO2)C(C)=O)cc1. The molecule has 136 valence electrons. The minimum Gasteiger partial charge on any atom is -0.462 e. The molecule has 25 heavy (non-hydrogen) atoms. The number of hydrogen-bond acceptors (Lipinski definition) is 5. The van der Waals surface area contributed by atoms with Gasteiger partial charge in [-0.2, -0.15) is 0 Å². The summed E-state index contributed by atoms with van der Waals surface area (Å²) in [4.78, 5) is 37.0. The highest BCUT2D eigenvalue weighted by atomic mass is 16.5. The molecular weight excluding hydrogens is 324 g/mol. The van der Waals surface area contributed by atoms with Crippen LogP contribution in [0.1, 0.15) is 37.0 Å².